The van der Waals surface area contributed by atoms with Crippen LogP contribution in [0.15, 0.2) is 0 Å². The Morgan fingerprint density at radius 2 is 1.87 bits per heavy atom. The number of hydrogen-bond donors (Lipinski definition) is 1. The first kappa shape index (κ1) is 11.0. The number of amidine groups is 1. The topological polar surface area (TPSA) is 27.1 Å². The first-order valence-electron chi connectivity index (χ1n) is 6.63. The molecule has 0 aromatic heterocycles. The Morgan fingerprint density at radius 3 is 2.53 bits per heavy atom. The molecule has 1 aliphatic heterocycles. The van der Waals surface area contributed by atoms with E-state index < -0.39 is 0 Å². The SMILES string of the molecule is CC(C1CCCCC1)N1CCCCC1=N. The maximum absolute atomic E-state index is 8.02. The highest BCUT2D eigenvalue weighted by Gasteiger charge is 2.27. The molecule has 0 radical (unpaired) electrons. The zero-order valence-corrected chi connectivity index (χ0v) is 9.97. The minimum atomic E-state index is 0.623. The van der Waals surface area contributed by atoms with E-state index in [0.29, 0.717) is 6.04 Å². The van der Waals surface area contributed by atoms with E-state index in [9.17, 15) is 0 Å². The van der Waals surface area contributed by atoms with Crippen LogP contribution in [-0.4, -0.2) is 23.3 Å². The molecule has 2 aliphatic rings. The third-order valence-corrected chi connectivity index (χ3v) is 4.23. The molecule has 1 unspecified atom stereocenters. The van der Waals surface area contributed by atoms with Gasteiger partial charge in [-0.3, -0.25) is 5.41 Å². The summed E-state index contributed by atoms with van der Waals surface area (Å²) in [6, 6.07) is 0.623. The second-order valence-electron chi connectivity index (χ2n) is 5.24. The van der Waals surface area contributed by atoms with Crippen molar-refractivity contribution in [2.75, 3.05) is 6.54 Å². The van der Waals surface area contributed by atoms with Crippen LogP contribution >= 0.6 is 0 Å². The molecule has 0 spiro atoms. The van der Waals surface area contributed by atoms with Gasteiger partial charge in [0.25, 0.3) is 0 Å². The molecule has 1 saturated carbocycles. The van der Waals surface area contributed by atoms with E-state index in [1.54, 1.807) is 0 Å². The van der Waals surface area contributed by atoms with E-state index in [1.165, 1.54) is 44.9 Å². The Hall–Kier alpha value is -0.530. The van der Waals surface area contributed by atoms with Crippen molar-refractivity contribution in [1.82, 2.24) is 4.90 Å². The molecule has 0 amide bonds. The predicted octanol–water partition coefficient (Wildman–Crippen LogP) is 3.42. The van der Waals surface area contributed by atoms with Gasteiger partial charge in [0.05, 0.1) is 5.84 Å². The van der Waals surface area contributed by atoms with Gasteiger partial charge in [0.15, 0.2) is 0 Å². The van der Waals surface area contributed by atoms with E-state index >= 15 is 0 Å². The van der Waals surface area contributed by atoms with Crippen molar-refractivity contribution in [2.24, 2.45) is 5.92 Å². The Morgan fingerprint density at radius 1 is 1.13 bits per heavy atom. The van der Waals surface area contributed by atoms with Gasteiger partial charge in [-0.15, -0.1) is 0 Å². The zero-order valence-electron chi connectivity index (χ0n) is 9.97. The normalized spacial score (nSPS) is 26.7. The van der Waals surface area contributed by atoms with Crippen LogP contribution in [-0.2, 0) is 0 Å². The second kappa shape index (κ2) is 5.00. The number of nitrogens with one attached hydrogen (secondary N) is 1. The van der Waals surface area contributed by atoms with Gasteiger partial charge in [-0.1, -0.05) is 19.3 Å². The molecule has 1 atom stereocenters. The van der Waals surface area contributed by atoms with Crippen molar-refractivity contribution in [1.29, 1.82) is 5.41 Å². The van der Waals surface area contributed by atoms with Gasteiger partial charge in [0.2, 0.25) is 0 Å². The molecule has 15 heavy (non-hydrogen) atoms. The van der Waals surface area contributed by atoms with Gasteiger partial charge in [0.1, 0.15) is 0 Å². The van der Waals surface area contributed by atoms with Crippen molar-refractivity contribution in [3.05, 3.63) is 0 Å². The zero-order chi connectivity index (χ0) is 10.7. The largest absolute Gasteiger partial charge is 0.358 e. The molecule has 1 heterocycles. The molecule has 2 fully saturated rings. The fourth-order valence-electron chi connectivity index (χ4n) is 3.17. The summed E-state index contributed by atoms with van der Waals surface area (Å²) in [5, 5.41) is 8.02. The van der Waals surface area contributed by atoms with Gasteiger partial charge in [-0.2, -0.15) is 0 Å². The van der Waals surface area contributed by atoms with Crippen molar-refractivity contribution in [3.8, 4) is 0 Å². The minimum Gasteiger partial charge on any atom is -0.358 e. The molecule has 2 rings (SSSR count). The summed E-state index contributed by atoms with van der Waals surface area (Å²) in [4.78, 5) is 2.37. The van der Waals surface area contributed by atoms with Crippen molar-refractivity contribution in [3.63, 3.8) is 0 Å². The molecule has 86 valence electrons. The van der Waals surface area contributed by atoms with Gasteiger partial charge < -0.3 is 4.90 Å². The van der Waals surface area contributed by atoms with E-state index in [2.05, 4.69) is 11.8 Å². The van der Waals surface area contributed by atoms with Crippen LogP contribution in [0, 0.1) is 11.3 Å². The molecule has 1 N–H and O–H groups in total. The molecular formula is C13H24N2. The second-order valence-corrected chi connectivity index (χ2v) is 5.24. The van der Waals surface area contributed by atoms with Gasteiger partial charge in [0, 0.05) is 19.0 Å². The molecule has 1 saturated heterocycles. The minimum absolute atomic E-state index is 0.623. The molecule has 2 heteroatoms. The number of hydrogen-bond acceptors (Lipinski definition) is 1. The van der Waals surface area contributed by atoms with Gasteiger partial charge in [-0.25, -0.2) is 0 Å². The number of nitrogens with zero attached hydrogens (tertiary/aromatic N) is 1. The summed E-state index contributed by atoms with van der Waals surface area (Å²) in [5.74, 6) is 1.76. The molecule has 2 nitrogen and oxygen atoms in total. The summed E-state index contributed by atoms with van der Waals surface area (Å²) >= 11 is 0. The number of piperidine rings is 1. The first-order chi connectivity index (χ1) is 7.29. The quantitative estimate of drug-likeness (QED) is 0.739. The van der Waals surface area contributed by atoms with Crippen molar-refractivity contribution in [2.45, 2.75) is 64.3 Å². The Balaban J connectivity index is 1.92. The highest BCUT2D eigenvalue weighted by molar-refractivity contribution is 5.80. The summed E-state index contributed by atoms with van der Waals surface area (Å²) in [6.07, 6.45) is 10.6. The summed E-state index contributed by atoms with van der Waals surface area (Å²) in [6.45, 7) is 3.48. The van der Waals surface area contributed by atoms with E-state index in [-0.39, 0.29) is 0 Å². The van der Waals surface area contributed by atoms with Crippen LogP contribution in [0.25, 0.3) is 0 Å². The lowest BCUT2D eigenvalue weighted by atomic mass is 9.83. The van der Waals surface area contributed by atoms with Crippen LogP contribution < -0.4 is 0 Å². The lowest BCUT2D eigenvalue weighted by Gasteiger charge is -2.40. The third kappa shape index (κ3) is 2.53. The lowest BCUT2D eigenvalue weighted by molar-refractivity contribution is 0.183. The Labute approximate surface area is 93.6 Å². The van der Waals surface area contributed by atoms with Crippen LogP contribution in [0.3, 0.4) is 0 Å². The first-order valence-corrected chi connectivity index (χ1v) is 6.63. The average Bonchev–Trinajstić information content (AvgIpc) is 2.30. The average molecular weight is 208 g/mol. The fraction of sp³-hybridized carbons (Fsp3) is 0.923. The van der Waals surface area contributed by atoms with Gasteiger partial charge >= 0.3 is 0 Å². The van der Waals surface area contributed by atoms with Crippen LogP contribution in [0.1, 0.15) is 58.3 Å². The van der Waals surface area contributed by atoms with E-state index in [1.807, 2.05) is 0 Å². The predicted molar refractivity (Wildman–Crippen MR) is 64.3 cm³/mol. The van der Waals surface area contributed by atoms with Gasteiger partial charge in [-0.05, 0) is 38.5 Å². The van der Waals surface area contributed by atoms with Crippen molar-refractivity contribution < 1.29 is 0 Å². The molecule has 0 bridgehead atoms. The Kier molecular flexibility index (Phi) is 3.66. The molecule has 1 aliphatic carbocycles. The monoisotopic (exact) mass is 208 g/mol. The summed E-state index contributed by atoms with van der Waals surface area (Å²) in [5.41, 5.74) is 0. The maximum Gasteiger partial charge on any atom is 0.0960 e. The molecule has 0 aromatic carbocycles. The summed E-state index contributed by atoms with van der Waals surface area (Å²) in [7, 11) is 0. The fourth-order valence-corrected chi connectivity index (χ4v) is 3.17. The van der Waals surface area contributed by atoms with Crippen LogP contribution in [0.4, 0.5) is 0 Å². The highest BCUT2D eigenvalue weighted by atomic mass is 15.2. The highest BCUT2D eigenvalue weighted by Crippen LogP contribution is 2.30. The van der Waals surface area contributed by atoms with E-state index in [4.69, 9.17) is 5.41 Å². The summed E-state index contributed by atoms with van der Waals surface area (Å²) < 4.78 is 0. The number of rotatable bonds is 2. The van der Waals surface area contributed by atoms with E-state index in [0.717, 1.165) is 24.7 Å². The molecule has 0 aromatic rings. The smallest absolute Gasteiger partial charge is 0.0960 e. The van der Waals surface area contributed by atoms with Crippen LogP contribution in [0.5, 0.6) is 0 Å². The molecular weight excluding hydrogens is 184 g/mol. The Bertz CT molecular complexity index is 219. The van der Waals surface area contributed by atoms with Crippen LogP contribution in [0.2, 0.25) is 0 Å². The number of likely N-dealkylation sites (tertiary alicyclic amines) is 1. The van der Waals surface area contributed by atoms with Crippen molar-refractivity contribution >= 4 is 5.84 Å². The third-order valence-electron chi connectivity index (χ3n) is 4.23. The standard InChI is InChI=1S/C13H24N2/c1-11(12-7-3-2-4-8-12)15-10-6-5-9-13(15)14/h11-12,14H,2-10H2,1H3. The lowest BCUT2D eigenvalue weighted by Crippen LogP contribution is -2.45. The maximum atomic E-state index is 8.02.